The molecule has 0 radical (unpaired) electrons. The summed E-state index contributed by atoms with van der Waals surface area (Å²) < 4.78 is 0.131. The average molecular weight is 317 g/mol. The average Bonchev–Trinajstić information content (AvgIpc) is 3.16. The molecule has 0 amide bonds. The van der Waals surface area contributed by atoms with Crippen LogP contribution in [-0.4, -0.2) is 26.2 Å². The van der Waals surface area contributed by atoms with Crippen LogP contribution in [0.5, 0.6) is 0 Å². The van der Waals surface area contributed by atoms with Crippen LogP contribution >= 0.6 is 23.4 Å². The summed E-state index contributed by atoms with van der Waals surface area (Å²) in [5.74, 6) is 0.671. The van der Waals surface area contributed by atoms with E-state index >= 15 is 0 Å². The molecule has 0 spiro atoms. The molecule has 3 heterocycles. The van der Waals surface area contributed by atoms with Gasteiger partial charge in [0.15, 0.2) is 5.82 Å². The molecule has 4 rings (SSSR count). The molecule has 0 bridgehead atoms. The van der Waals surface area contributed by atoms with Gasteiger partial charge in [-0.3, -0.25) is 0 Å². The summed E-state index contributed by atoms with van der Waals surface area (Å²) in [6, 6.07) is 5.82. The van der Waals surface area contributed by atoms with Crippen molar-refractivity contribution in [2.24, 2.45) is 0 Å². The van der Waals surface area contributed by atoms with Gasteiger partial charge in [-0.1, -0.05) is 11.6 Å². The van der Waals surface area contributed by atoms with E-state index in [1.54, 1.807) is 6.20 Å². The van der Waals surface area contributed by atoms with Gasteiger partial charge in [0.05, 0.1) is 10.4 Å². The topological polar surface area (TPSA) is 54.5 Å². The Kier molecular flexibility index (Phi) is 2.94. The molecule has 106 valence electrons. The van der Waals surface area contributed by atoms with E-state index in [1.165, 1.54) is 0 Å². The molecule has 1 aliphatic rings. The molecule has 1 fully saturated rings. The number of nitrogens with zero attached hydrogens (tertiary/aromatic N) is 3. The second-order valence-electron chi connectivity index (χ2n) is 5.20. The van der Waals surface area contributed by atoms with E-state index in [4.69, 9.17) is 16.6 Å². The molecule has 0 atom stereocenters. The molecule has 1 aliphatic carbocycles. The van der Waals surface area contributed by atoms with Crippen LogP contribution in [0.15, 0.2) is 30.6 Å². The Morgan fingerprint density at radius 1 is 1.29 bits per heavy atom. The first-order valence-electron chi connectivity index (χ1n) is 6.74. The number of halogens is 1. The van der Waals surface area contributed by atoms with Crippen LogP contribution in [0.2, 0.25) is 5.15 Å². The van der Waals surface area contributed by atoms with Crippen molar-refractivity contribution in [3.63, 3.8) is 0 Å². The van der Waals surface area contributed by atoms with Crippen LogP contribution in [0.3, 0.4) is 0 Å². The summed E-state index contributed by atoms with van der Waals surface area (Å²) in [5, 5.41) is 1.51. The van der Waals surface area contributed by atoms with Gasteiger partial charge in [0.2, 0.25) is 0 Å². The summed E-state index contributed by atoms with van der Waals surface area (Å²) in [6.07, 6.45) is 8.06. The predicted octanol–water partition coefficient (Wildman–Crippen LogP) is 4.03. The fourth-order valence-corrected chi connectivity index (χ4v) is 3.61. The van der Waals surface area contributed by atoms with Crippen LogP contribution in [0.25, 0.3) is 22.4 Å². The highest BCUT2D eigenvalue weighted by Crippen LogP contribution is 2.55. The van der Waals surface area contributed by atoms with Crippen LogP contribution < -0.4 is 0 Å². The molecule has 0 aliphatic heterocycles. The van der Waals surface area contributed by atoms with Crippen LogP contribution in [0, 0.1) is 0 Å². The van der Waals surface area contributed by atoms with Gasteiger partial charge in [-0.2, -0.15) is 11.8 Å². The highest BCUT2D eigenvalue weighted by molar-refractivity contribution is 7.99. The summed E-state index contributed by atoms with van der Waals surface area (Å²) in [5.41, 5.74) is 2.83. The van der Waals surface area contributed by atoms with E-state index < -0.39 is 0 Å². The second kappa shape index (κ2) is 4.71. The lowest BCUT2D eigenvalue weighted by atomic mass is 10.1. The molecule has 3 aromatic rings. The van der Waals surface area contributed by atoms with E-state index in [9.17, 15) is 0 Å². The summed E-state index contributed by atoms with van der Waals surface area (Å²) in [6.45, 7) is 0. The quantitative estimate of drug-likeness (QED) is 0.741. The highest BCUT2D eigenvalue weighted by atomic mass is 35.5. The zero-order valence-corrected chi connectivity index (χ0v) is 13.0. The van der Waals surface area contributed by atoms with Gasteiger partial charge in [0, 0.05) is 23.3 Å². The fourth-order valence-electron chi connectivity index (χ4n) is 2.61. The van der Waals surface area contributed by atoms with Gasteiger partial charge in [-0.05, 0) is 37.3 Å². The lowest BCUT2D eigenvalue weighted by Gasteiger charge is -2.13. The van der Waals surface area contributed by atoms with E-state index in [2.05, 4.69) is 21.2 Å². The standard InChI is InChI=1S/C15H13ClN4S/c1-21-15(4-5-15)11-8-12(16)20-14(19-11)10-3-7-18-13-9(10)2-6-17-13/h2-3,6-8H,4-5H2,1H3,(H,17,18). The first-order chi connectivity index (χ1) is 10.2. The van der Waals surface area contributed by atoms with Gasteiger partial charge in [-0.25, -0.2) is 15.0 Å². The maximum Gasteiger partial charge on any atom is 0.161 e. The second-order valence-corrected chi connectivity index (χ2v) is 6.77. The number of thioether (sulfide) groups is 1. The number of nitrogens with one attached hydrogen (secondary N) is 1. The molecule has 6 heteroatoms. The predicted molar refractivity (Wildman–Crippen MR) is 86.6 cm³/mol. The number of hydrogen-bond acceptors (Lipinski definition) is 4. The Balaban J connectivity index is 1.91. The van der Waals surface area contributed by atoms with Crippen molar-refractivity contribution in [1.29, 1.82) is 0 Å². The van der Waals surface area contributed by atoms with E-state index in [-0.39, 0.29) is 4.75 Å². The van der Waals surface area contributed by atoms with E-state index in [0.717, 1.165) is 35.1 Å². The number of aromatic nitrogens is 4. The molecule has 0 saturated heterocycles. The minimum Gasteiger partial charge on any atom is -0.346 e. The van der Waals surface area contributed by atoms with Gasteiger partial charge in [0.25, 0.3) is 0 Å². The molecule has 4 nitrogen and oxygen atoms in total. The van der Waals surface area contributed by atoms with E-state index in [1.807, 2.05) is 36.2 Å². The first-order valence-corrected chi connectivity index (χ1v) is 8.35. The number of pyridine rings is 1. The van der Waals surface area contributed by atoms with Gasteiger partial charge < -0.3 is 4.98 Å². The van der Waals surface area contributed by atoms with Gasteiger partial charge >= 0.3 is 0 Å². The Morgan fingerprint density at radius 2 is 2.14 bits per heavy atom. The lowest BCUT2D eigenvalue weighted by Crippen LogP contribution is -2.06. The SMILES string of the molecule is CSC1(c2cc(Cl)nc(-c3ccnc4[nH]ccc34)n2)CC1. The Labute approximate surface area is 131 Å². The van der Waals surface area contributed by atoms with Crippen LogP contribution in [0.4, 0.5) is 0 Å². The van der Waals surface area contributed by atoms with Crippen LogP contribution in [-0.2, 0) is 4.75 Å². The normalized spacial score (nSPS) is 16.3. The summed E-state index contributed by atoms with van der Waals surface area (Å²) in [7, 11) is 0. The monoisotopic (exact) mass is 316 g/mol. The fraction of sp³-hybridized carbons (Fsp3) is 0.267. The first kappa shape index (κ1) is 13.1. The third kappa shape index (κ3) is 2.12. The highest BCUT2D eigenvalue weighted by Gasteiger charge is 2.45. The number of hydrogen-bond donors (Lipinski definition) is 1. The summed E-state index contributed by atoms with van der Waals surface area (Å²) in [4.78, 5) is 16.6. The minimum atomic E-state index is 0.131. The zero-order chi connectivity index (χ0) is 14.4. The van der Waals surface area contributed by atoms with Gasteiger partial charge in [-0.15, -0.1) is 0 Å². The molecule has 1 N–H and O–H groups in total. The molecule has 21 heavy (non-hydrogen) atoms. The number of rotatable bonds is 3. The van der Waals surface area contributed by atoms with Crippen molar-refractivity contribution < 1.29 is 0 Å². The molecule has 3 aromatic heterocycles. The Hall–Kier alpha value is -1.59. The smallest absolute Gasteiger partial charge is 0.161 e. The molecule has 0 unspecified atom stereocenters. The van der Waals surface area contributed by atoms with Gasteiger partial charge in [0.1, 0.15) is 10.8 Å². The van der Waals surface area contributed by atoms with Crippen molar-refractivity contribution in [1.82, 2.24) is 19.9 Å². The maximum absolute atomic E-state index is 6.23. The molecular weight excluding hydrogens is 304 g/mol. The number of fused-ring (bicyclic) bond motifs is 1. The molecule has 0 aromatic carbocycles. The van der Waals surface area contributed by atoms with E-state index in [0.29, 0.717) is 11.0 Å². The zero-order valence-electron chi connectivity index (χ0n) is 11.4. The Bertz CT molecular complexity index is 825. The Morgan fingerprint density at radius 3 is 2.90 bits per heavy atom. The third-order valence-electron chi connectivity index (χ3n) is 3.96. The molecular formula is C15H13ClN4S. The number of aromatic amines is 1. The molecule has 1 saturated carbocycles. The minimum absolute atomic E-state index is 0.131. The third-order valence-corrected chi connectivity index (χ3v) is 5.55. The van der Waals surface area contributed by atoms with Crippen molar-refractivity contribution in [3.8, 4) is 11.4 Å². The lowest BCUT2D eigenvalue weighted by molar-refractivity contribution is 0.937. The maximum atomic E-state index is 6.23. The number of H-pyrrole nitrogens is 1. The van der Waals surface area contributed by atoms with Crippen LogP contribution in [0.1, 0.15) is 18.5 Å². The van der Waals surface area contributed by atoms with Crippen molar-refractivity contribution >= 4 is 34.4 Å². The van der Waals surface area contributed by atoms with Crippen molar-refractivity contribution in [2.75, 3.05) is 6.26 Å². The summed E-state index contributed by atoms with van der Waals surface area (Å²) >= 11 is 8.07. The van der Waals surface area contributed by atoms with Crippen molar-refractivity contribution in [3.05, 3.63) is 41.4 Å². The largest absolute Gasteiger partial charge is 0.346 e. The van der Waals surface area contributed by atoms with Crippen molar-refractivity contribution in [2.45, 2.75) is 17.6 Å².